The quantitative estimate of drug-likeness (QED) is 0.0402. The van der Waals surface area contributed by atoms with Crippen LogP contribution in [0.5, 0.6) is 0 Å². The van der Waals surface area contributed by atoms with Crippen LogP contribution >= 0.6 is 15.9 Å². The maximum atomic E-state index is 13.2. The van der Waals surface area contributed by atoms with Crippen LogP contribution in [-0.4, -0.2) is 94.0 Å². The standard InChI is InChI=1S/C18H11F4N3O2.C18H12N4O2.C18H15N3O4S.C17H12BrN3O2.C17H12FN3O2/c19-12-1-2-13(14(8-12)18(20,21)22)16(26)25-15-7-11(9-24-17(15)27)10-3-5-23-6-4-10;19-10-12-2-1-3-14(8-12)17(23)22-16-9-15(11-21-18(16)24)13-4-6-20-7-5-13;1-26(24,25)15-4-2-13(3-5-15)17(22)21-16-10-14(11-20-18(16)23)12-6-8-19-9-7-12;18-14-3-1-2-12(8-14)16(22)21-15-9-13(10-20-17(15)23)11-4-6-19-7-5-11;18-14-3-1-12(2-4-14)16(22)21-15-9-13(10-20-17(15)23)11-5-7-19-8-6-11/h1-9H,(H,24,27)(H,25,26);1-9,11H,(H,21,24)(H,22,23);2-11H,1H3,(H,20,23)(H,21,22);2*1-10H,(H,20,23)(H,21,22). The molecule has 0 saturated heterocycles. The Morgan fingerprint density at radius 3 is 0.959 bits per heavy atom. The molecule has 614 valence electrons. The average molecular weight is 1740 g/mol. The van der Waals surface area contributed by atoms with Gasteiger partial charge < -0.3 is 51.5 Å². The molecule has 0 radical (unpaired) electrons. The number of aromatic nitrogens is 10. The Labute approximate surface area is 700 Å². The second kappa shape index (κ2) is 40.6. The molecule has 10 N–H and O–H groups in total. The number of pyridine rings is 10. The van der Waals surface area contributed by atoms with Crippen molar-refractivity contribution in [3.63, 3.8) is 0 Å². The minimum atomic E-state index is -4.93. The predicted octanol–water partition coefficient (Wildman–Crippen LogP) is 14.8. The van der Waals surface area contributed by atoms with Crippen molar-refractivity contribution in [2.24, 2.45) is 0 Å². The van der Waals surface area contributed by atoms with Crippen LogP contribution in [0.2, 0.25) is 0 Å². The van der Waals surface area contributed by atoms with E-state index in [0.29, 0.717) is 33.9 Å². The zero-order valence-corrected chi connectivity index (χ0v) is 66.0. The number of amides is 5. The lowest BCUT2D eigenvalue weighted by atomic mass is 10.1. The Morgan fingerprint density at radius 2 is 0.650 bits per heavy atom. The summed E-state index contributed by atoms with van der Waals surface area (Å²) in [6.07, 6.45) is 20.0. The minimum Gasteiger partial charge on any atom is -0.327 e. The number of carbonyl (C=O) groups is 5. The van der Waals surface area contributed by atoms with Crippen LogP contribution in [-0.2, 0) is 16.0 Å². The molecule has 0 aliphatic rings. The Bertz CT molecular complexity index is 6860. The molecule has 28 nitrogen and oxygen atoms in total. The van der Waals surface area contributed by atoms with E-state index in [9.17, 15) is 78.3 Å². The fourth-order valence-corrected chi connectivity index (χ4v) is 12.2. The Kier molecular flexibility index (Phi) is 28.8. The van der Waals surface area contributed by atoms with Crippen LogP contribution in [0, 0.1) is 23.0 Å². The number of anilines is 5. The number of alkyl halides is 3. The highest BCUT2D eigenvalue weighted by atomic mass is 79.9. The SMILES string of the molecule is CS(=O)(=O)c1ccc(C(=O)Nc2cc(-c3ccncc3)c[nH]c2=O)cc1.N#Cc1cccc(C(=O)Nc2cc(-c3ccncc3)c[nH]c2=O)c1.O=C(Nc1cc(-c2ccncc2)c[nH]c1=O)c1ccc(F)cc1.O=C(Nc1cc(-c2ccncc2)c[nH]c1=O)c1ccc(F)cc1C(F)(F)F.O=C(Nc1cc(-c2ccncc2)c[nH]c1=O)c1cccc(Br)c1. The second-order valence-electron chi connectivity index (χ2n) is 25.8. The number of hydrogen-bond donors (Lipinski definition) is 10. The summed E-state index contributed by atoms with van der Waals surface area (Å²) >= 11 is 3.32. The van der Waals surface area contributed by atoms with Crippen molar-refractivity contribution in [2.45, 2.75) is 11.1 Å². The molecule has 15 aromatic rings. The van der Waals surface area contributed by atoms with Gasteiger partial charge in [-0.15, -0.1) is 0 Å². The minimum absolute atomic E-state index is 0.0940. The molecule has 10 aromatic heterocycles. The fourth-order valence-electron chi connectivity index (χ4n) is 11.2. The monoisotopic (exact) mass is 1740 g/mol. The number of H-pyrrole nitrogens is 5. The van der Waals surface area contributed by atoms with Crippen LogP contribution in [0.3, 0.4) is 0 Å². The maximum Gasteiger partial charge on any atom is 0.417 e. The Hall–Kier alpha value is -16.5. The van der Waals surface area contributed by atoms with E-state index in [1.54, 1.807) is 184 Å². The first-order valence-corrected chi connectivity index (χ1v) is 38.6. The van der Waals surface area contributed by atoms with Gasteiger partial charge in [0.05, 0.1) is 27.7 Å². The normalized spacial score (nSPS) is 10.6. The fraction of sp³-hybridized carbons (Fsp3) is 0.0227. The molecule has 35 heteroatoms. The van der Waals surface area contributed by atoms with E-state index in [1.807, 2.05) is 24.3 Å². The summed E-state index contributed by atoms with van der Waals surface area (Å²) in [5.41, 5.74) is 5.06. The second-order valence-corrected chi connectivity index (χ2v) is 28.7. The zero-order valence-electron chi connectivity index (χ0n) is 63.5. The van der Waals surface area contributed by atoms with Gasteiger partial charge in [-0.1, -0.05) is 28.1 Å². The van der Waals surface area contributed by atoms with E-state index in [0.717, 1.165) is 61.3 Å². The van der Waals surface area contributed by atoms with Crippen molar-refractivity contribution in [3.8, 4) is 61.7 Å². The Balaban J connectivity index is 0.000000150. The highest BCUT2D eigenvalue weighted by Crippen LogP contribution is 2.34. The van der Waals surface area contributed by atoms with Crippen LogP contribution in [0.25, 0.3) is 55.6 Å². The maximum absolute atomic E-state index is 13.2. The van der Waals surface area contributed by atoms with Gasteiger partial charge in [0.25, 0.3) is 57.3 Å². The van der Waals surface area contributed by atoms with E-state index < -0.39 is 84.6 Å². The van der Waals surface area contributed by atoms with E-state index in [2.05, 4.69) is 92.4 Å². The number of nitriles is 1. The topological polar surface area (TPSA) is 432 Å². The summed E-state index contributed by atoms with van der Waals surface area (Å²) in [5, 5.41) is 21.4. The van der Waals surface area contributed by atoms with Crippen molar-refractivity contribution in [1.82, 2.24) is 49.8 Å². The number of nitrogens with one attached hydrogen (secondary N) is 10. The third kappa shape index (κ3) is 24.3. The predicted molar refractivity (Wildman–Crippen MR) is 454 cm³/mol. The molecule has 5 aromatic carbocycles. The lowest BCUT2D eigenvalue weighted by Gasteiger charge is -2.13. The molecule has 123 heavy (non-hydrogen) atoms. The van der Waals surface area contributed by atoms with E-state index in [4.69, 9.17) is 5.26 Å². The Morgan fingerprint density at radius 1 is 0.358 bits per heavy atom. The van der Waals surface area contributed by atoms with Crippen molar-refractivity contribution in [1.29, 1.82) is 5.26 Å². The summed E-state index contributed by atoms with van der Waals surface area (Å²) in [6.45, 7) is 0. The molecule has 15 rings (SSSR count). The molecule has 0 unspecified atom stereocenters. The number of benzene rings is 5. The van der Waals surface area contributed by atoms with Crippen LogP contribution in [0.4, 0.5) is 50.4 Å². The summed E-state index contributed by atoms with van der Waals surface area (Å²) < 4.78 is 89.0. The molecule has 5 amide bonds. The summed E-state index contributed by atoms with van der Waals surface area (Å²) in [6, 6.07) is 52.9. The van der Waals surface area contributed by atoms with Crippen molar-refractivity contribution < 1.29 is 54.3 Å². The number of rotatable bonds is 16. The first-order chi connectivity index (χ1) is 59.0. The largest absolute Gasteiger partial charge is 0.417 e. The first kappa shape index (κ1) is 87.4. The molecule has 0 aliphatic carbocycles. The number of aromatic amines is 5. The lowest BCUT2D eigenvalue weighted by molar-refractivity contribution is -0.138. The highest BCUT2D eigenvalue weighted by Gasteiger charge is 2.36. The summed E-state index contributed by atoms with van der Waals surface area (Å²) in [4.78, 5) is 154. The van der Waals surface area contributed by atoms with E-state index in [1.165, 1.54) is 79.3 Å². The number of carbonyl (C=O) groups excluding carboxylic acids is 5. The van der Waals surface area contributed by atoms with Crippen LogP contribution in [0.15, 0.2) is 333 Å². The van der Waals surface area contributed by atoms with Gasteiger partial charge in [0.1, 0.15) is 40.1 Å². The van der Waals surface area contributed by atoms with Crippen molar-refractivity contribution >= 4 is 83.7 Å². The molecular formula is C88H62BrF5N16O12S. The highest BCUT2D eigenvalue weighted by molar-refractivity contribution is 9.10. The van der Waals surface area contributed by atoms with Gasteiger partial charge in [-0.2, -0.15) is 18.4 Å². The first-order valence-electron chi connectivity index (χ1n) is 35.9. The molecule has 0 saturated carbocycles. The van der Waals surface area contributed by atoms with Crippen LogP contribution < -0.4 is 54.4 Å². The molecule has 0 atom stereocenters. The van der Waals surface area contributed by atoms with Gasteiger partial charge in [-0.3, -0.25) is 72.9 Å². The van der Waals surface area contributed by atoms with Gasteiger partial charge in [-0.05, 0) is 222 Å². The average Bonchev–Trinajstić information content (AvgIpc) is 0.796. The van der Waals surface area contributed by atoms with Crippen LogP contribution in [0.1, 0.15) is 62.9 Å². The third-order valence-electron chi connectivity index (χ3n) is 17.3. The van der Waals surface area contributed by atoms with E-state index in [-0.39, 0.29) is 62.0 Å². The lowest BCUT2D eigenvalue weighted by Crippen LogP contribution is -2.23. The number of sulfone groups is 1. The molecule has 0 bridgehead atoms. The number of halogens is 6. The van der Waals surface area contributed by atoms with Crippen molar-refractivity contribution in [3.05, 3.63) is 406 Å². The molecule has 10 heterocycles. The van der Waals surface area contributed by atoms with Gasteiger partial charge in [0.15, 0.2) is 9.84 Å². The van der Waals surface area contributed by atoms with Gasteiger partial charge in [-0.25, -0.2) is 17.2 Å². The molecular weight excluding hydrogens is 1680 g/mol. The van der Waals surface area contributed by atoms with Gasteiger partial charge in [0.2, 0.25) is 0 Å². The number of hydrogen-bond acceptors (Lipinski definition) is 18. The summed E-state index contributed by atoms with van der Waals surface area (Å²) in [7, 11) is -3.34. The smallest absolute Gasteiger partial charge is 0.327 e. The summed E-state index contributed by atoms with van der Waals surface area (Å²) in [5.74, 6) is -4.53. The van der Waals surface area contributed by atoms with Crippen molar-refractivity contribution in [2.75, 3.05) is 32.8 Å². The molecule has 0 fully saturated rings. The number of nitrogens with zero attached hydrogens (tertiary/aromatic N) is 6. The van der Waals surface area contributed by atoms with Gasteiger partial charge in [0, 0.05) is 154 Å². The van der Waals surface area contributed by atoms with Gasteiger partial charge >= 0.3 is 6.18 Å². The molecule has 0 aliphatic heterocycles. The zero-order chi connectivity index (χ0) is 87.7. The van der Waals surface area contributed by atoms with E-state index >= 15 is 0 Å². The third-order valence-corrected chi connectivity index (χ3v) is 19.0. The molecule has 0 spiro atoms.